The van der Waals surface area contributed by atoms with E-state index < -0.39 is 6.03 Å². The fourth-order valence-corrected chi connectivity index (χ4v) is 3.60. The Hall–Kier alpha value is -2.28. The first-order valence-corrected chi connectivity index (χ1v) is 9.49. The Morgan fingerprint density at radius 2 is 2.04 bits per heavy atom. The topological polar surface area (TPSA) is 81.1 Å². The molecule has 3 N–H and O–H groups in total. The second-order valence-electron chi connectivity index (χ2n) is 6.84. The van der Waals surface area contributed by atoms with Crippen LogP contribution in [0.15, 0.2) is 18.2 Å². The van der Waals surface area contributed by atoms with Crippen LogP contribution in [0.1, 0.15) is 44.2 Å². The number of carbonyl (C=O) groups is 2. The third-order valence-electron chi connectivity index (χ3n) is 4.91. The number of quaternary nitrogens is 1. The van der Waals surface area contributed by atoms with E-state index in [0.29, 0.717) is 26.3 Å². The molecule has 1 unspecified atom stereocenters. The number of benzene rings is 1. The van der Waals surface area contributed by atoms with Crippen LogP contribution < -0.4 is 25.0 Å². The highest BCUT2D eigenvalue weighted by atomic mass is 16.6. The van der Waals surface area contributed by atoms with Crippen molar-refractivity contribution in [1.82, 2.24) is 10.6 Å². The van der Waals surface area contributed by atoms with Crippen LogP contribution in [-0.4, -0.2) is 44.8 Å². The number of likely N-dealkylation sites (tertiary alicyclic amines) is 1. The van der Waals surface area contributed by atoms with Crippen molar-refractivity contribution in [2.75, 3.05) is 32.8 Å². The van der Waals surface area contributed by atoms with Crippen LogP contribution in [0.2, 0.25) is 0 Å². The van der Waals surface area contributed by atoms with Crippen molar-refractivity contribution < 1.29 is 24.0 Å². The van der Waals surface area contributed by atoms with E-state index in [2.05, 4.69) is 23.6 Å². The van der Waals surface area contributed by atoms with Gasteiger partial charge >= 0.3 is 6.03 Å². The smallest absolute Gasteiger partial charge is 0.321 e. The van der Waals surface area contributed by atoms with Gasteiger partial charge in [0.1, 0.15) is 19.3 Å². The first kappa shape index (κ1) is 18.5. The van der Waals surface area contributed by atoms with E-state index >= 15 is 0 Å². The van der Waals surface area contributed by atoms with Crippen molar-refractivity contribution in [1.29, 1.82) is 0 Å². The maximum atomic E-state index is 12.2. The molecule has 2 aliphatic rings. The molecule has 3 rings (SSSR count). The van der Waals surface area contributed by atoms with E-state index in [-0.39, 0.29) is 11.9 Å². The van der Waals surface area contributed by atoms with Crippen molar-refractivity contribution in [2.24, 2.45) is 0 Å². The maximum Gasteiger partial charge on any atom is 0.321 e. The van der Waals surface area contributed by atoms with Crippen molar-refractivity contribution in [3.8, 4) is 11.5 Å². The zero-order chi connectivity index (χ0) is 18.4. The summed E-state index contributed by atoms with van der Waals surface area (Å²) in [6, 6.07) is 5.86. The molecule has 0 aliphatic carbocycles. The van der Waals surface area contributed by atoms with Gasteiger partial charge in [0.15, 0.2) is 18.0 Å². The van der Waals surface area contributed by atoms with Crippen LogP contribution in [0, 0.1) is 0 Å². The molecule has 0 bridgehead atoms. The second kappa shape index (κ2) is 8.89. The van der Waals surface area contributed by atoms with Gasteiger partial charge in [-0.2, -0.15) is 0 Å². The van der Waals surface area contributed by atoms with E-state index in [1.165, 1.54) is 4.90 Å². The lowest BCUT2D eigenvalue weighted by molar-refractivity contribution is -0.910. The van der Waals surface area contributed by atoms with Gasteiger partial charge in [0.25, 0.3) is 5.91 Å². The zero-order valence-corrected chi connectivity index (χ0v) is 15.3. The van der Waals surface area contributed by atoms with Gasteiger partial charge < -0.3 is 19.7 Å². The van der Waals surface area contributed by atoms with Crippen LogP contribution in [0.3, 0.4) is 0 Å². The Balaban J connectivity index is 1.56. The predicted octanol–water partition coefficient (Wildman–Crippen LogP) is 0.804. The summed E-state index contributed by atoms with van der Waals surface area (Å²) >= 11 is 0. The highest BCUT2D eigenvalue weighted by Gasteiger charge is 2.32. The molecule has 0 spiro atoms. The minimum atomic E-state index is -0.405. The van der Waals surface area contributed by atoms with Gasteiger partial charge in [0, 0.05) is 24.9 Å². The van der Waals surface area contributed by atoms with Gasteiger partial charge in [-0.05, 0) is 24.6 Å². The molecule has 26 heavy (non-hydrogen) atoms. The summed E-state index contributed by atoms with van der Waals surface area (Å²) in [5.41, 5.74) is 1.15. The van der Waals surface area contributed by atoms with Crippen LogP contribution in [0.25, 0.3) is 0 Å². The van der Waals surface area contributed by atoms with E-state index in [4.69, 9.17) is 9.47 Å². The number of urea groups is 1. The number of unbranched alkanes of at least 4 members (excludes halogenated alkanes) is 1. The molecule has 7 nitrogen and oxygen atoms in total. The number of ether oxygens (including phenoxy) is 2. The Morgan fingerprint density at radius 3 is 2.85 bits per heavy atom. The molecule has 3 amide bonds. The van der Waals surface area contributed by atoms with E-state index in [9.17, 15) is 9.59 Å². The third-order valence-corrected chi connectivity index (χ3v) is 4.91. The molecule has 2 aliphatic heterocycles. The quantitative estimate of drug-likeness (QED) is 0.654. The van der Waals surface area contributed by atoms with Crippen molar-refractivity contribution in [2.45, 2.75) is 38.6 Å². The summed E-state index contributed by atoms with van der Waals surface area (Å²) in [7, 11) is 0. The molecular weight excluding hydrogens is 334 g/mol. The van der Waals surface area contributed by atoms with E-state index in [1.807, 2.05) is 12.1 Å². The highest BCUT2D eigenvalue weighted by Crippen LogP contribution is 2.33. The van der Waals surface area contributed by atoms with Crippen molar-refractivity contribution in [3.63, 3.8) is 0 Å². The number of amides is 3. The number of nitrogens with one attached hydrogen (secondary N) is 3. The molecular formula is C19H28N3O4+. The summed E-state index contributed by atoms with van der Waals surface area (Å²) in [5, 5.41) is 5.14. The fraction of sp³-hybridized carbons (Fsp3) is 0.579. The minimum absolute atomic E-state index is 0.236. The molecule has 142 valence electrons. The molecule has 2 atom stereocenters. The number of carbonyl (C=O) groups excluding carboxylic acids is 2. The van der Waals surface area contributed by atoms with Gasteiger partial charge in [-0.25, -0.2) is 4.79 Å². The zero-order valence-electron chi connectivity index (χ0n) is 15.3. The summed E-state index contributed by atoms with van der Waals surface area (Å²) in [4.78, 5) is 25.1. The standard InChI is InChI=1S/C19H27N3O4/c1-2-3-8-20-19(24)21-18(23)13-22-9-4-5-15(22)14-6-7-16-17(12-14)26-11-10-25-16/h6-7,12,15H,2-5,8-11,13H2,1H3,(H2,20,21,23,24)/p+1/t15-/m1/s1. The minimum Gasteiger partial charge on any atom is -0.486 e. The van der Waals surface area contributed by atoms with Crippen LogP contribution in [0.4, 0.5) is 4.79 Å². The van der Waals surface area contributed by atoms with Gasteiger partial charge in [-0.3, -0.25) is 10.1 Å². The Bertz CT molecular complexity index is 650. The highest BCUT2D eigenvalue weighted by molar-refractivity contribution is 5.94. The van der Waals surface area contributed by atoms with Crippen LogP contribution >= 0.6 is 0 Å². The number of rotatable bonds is 6. The second-order valence-corrected chi connectivity index (χ2v) is 6.84. The lowest BCUT2D eigenvalue weighted by Crippen LogP contribution is -3.11. The Kier molecular flexibility index (Phi) is 6.33. The third kappa shape index (κ3) is 4.66. The molecule has 0 radical (unpaired) electrons. The molecule has 1 aromatic carbocycles. The normalized spacial score (nSPS) is 21.3. The number of hydrogen-bond acceptors (Lipinski definition) is 4. The van der Waals surface area contributed by atoms with Crippen molar-refractivity contribution >= 4 is 11.9 Å². The predicted molar refractivity (Wildman–Crippen MR) is 96.6 cm³/mol. The van der Waals surface area contributed by atoms with Crippen LogP contribution in [0.5, 0.6) is 11.5 Å². The van der Waals surface area contributed by atoms with Crippen molar-refractivity contribution in [3.05, 3.63) is 23.8 Å². The first-order valence-electron chi connectivity index (χ1n) is 9.49. The lowest BCUT2D eigenvalue weighted by atomic mass is 10.0. The molecule has 1 fully saturated rings. The average molecular weight is 362 g/mol. The lowest BCUT2D eigenvalue weighted by Gasteiger charge is -2.23. The van der Waals surface area contributed by atoms with Gasteiger partial charge in [0.2, 0.25) is 0 Å². The van der Waals surface area contributed by atoms with Crippen LogP contribution in [-0.2, 0) is 4.79 Å². The van der Waals surface area contributed by atoms with Gasteiger partial charge in [-0.15, -0.1) is 0 Å². The molecule has 1 saturated heterocycles. The fourth-order valence-electron chi connectivity index (χ4n) is 3.60. The molecule has 2 heterocycles. The molecule has 7 heteroatoms. The maximum absolute atomic E-state index is 12.2. The summed E-state index contributed by atoms with van der Waals surface area (Å²) in [6.07, 6.45) is 3.99. The average Bonchev–Trinajstić information content (AvgIpc) is 3.09. The van der Waals surface area contributed by atoms with E-state index in [1.54, 1.807) is 0 Å². The summed E-state index contributed by atoms with van der Waals surface area (Å²) in [6.45, 7) is 5.00. The first-order chi connectivity index (χ1) is 12.7. The Morgan fingerprint density at radius 1 is 1.23 bits per heavy atom. The van der Waals surface area contributed by atoms with Gasteiger partial charge in [-0.1, -0.05) is 13.3 Å². The van der Waals surface area contributed by atoms with E-state index in [0.717, 1.165) is 49.3 Å². The number of imide groups is 1. The Labute approximate surface area is 154 Å². The molecule has 0 aromatic heterocycles. The molecule has 1 aromatic rings. The monoisotopic (exact) mass is 362 g/mol. The SMILES string of the molecule is CCCCNC(=O)NC(=O)C[NH+]1CCC[C@@H]1c1ccc2c(c1)OCCO2. The number of fused-ring (bicyclic) bond motifs is 1. The largest absolute Gasteiger partial charge is 0.486 e. The number of hydrogen-bond donors (Lipinski definition) is 3. The summed E-state index contributed by atoms with van der Waals surface area (Å²) in [5.74, 6) is 1.32. The molecule has 0 saturated carbocycles. The van der Waals surface area contributed by atoms with Gasteiger partial charge in [0.05, 0.1) is 6.54 Å². The summed E-state index contributed by atoms with van der Waals surface area (Å²) < 4.78 is 11.2.